The van der Waals surface area contributed by atoms with E-state index in [2.05, 4.69) is 61.2 Å². The first-order chi connectivity index (χ1) is 14.3. The molecule has 2 aromatic carbocycles. The maximum atomic E-state index is 5.21. The topological polar surface area (TPSA) is 9.23 Å². The third-order valence-electron chi connectivity index (χ3n) is 7.57. The third-order valence-corrected chi connectivity index (χ3v) is 7.57. The number of allylic oxidation sites excluding steroid dienone is 1. The minimum Gasteiger partial charge on any atom is -0.380 e. The van der Waals surface area contributed by atoms with Crippen molar-refractivity contribution in [3.63, 3.8) is 0 Å². The molecule has 2 aliphatic carbocycles. The van der Waals surface area contributed by atoms with Gasteiger partial charge in [0.1, 0.15) is 0 Å². The molecule has 0 saturated heterocycles. The van der Waals surface area contributed by atoms with Gasteiger partial charge in [-0.3, -0.25) is 0 Å². The molecule has 154 valence electrons. The lowest BCUT2D eigenvalue weighted by Gasteiger charge is -2.37. The first-order valence-electron chi connectivity index (χ1n) is 11.6. The predicted molar refractivity (Wildman–Crippen MR) is 123 cm³/mol. The van der Waals surface area contributed by atoms with Gasteiger partial charge in [-0.15, -0.1) is 6.58 Å². The van der Waals surface area contributed by atoms with Crippen molar-refractivity contribution in [2.75, 3.05) is 7.11 Å². The van der Waals surface area contributed by atoms with E-state index in [1.54, 1.807) is 12.7 Å². The Hall–Kier alpha value is -1.86. The highest BCUT2D eigenvalue weighted by Crippen LogP contribution is 2.44. The first kappa shape index (κ1) is 20.4. The number of ether oxygens (including phenoxy) is 1. The molecule has 0 bridgehead atoms. The summed E-state index contributed by atoms with van der Waals surface area (Å²) in [5.74, 6) is 3.50. The van der Waals surface area contributed by atoms with Gasteiger partial charge in [0.05, 0.1) is 6.61 Å². The van der Waals surface area contributed by atoms with Gasteiger partial charge in [-0.1, -0.05) is 54.6 Å². The van der Waals surface area contributed by atoms with Crippen LogP contribution in [0.5, 0.6) is 0 Å². The largest absolute Gasteiger partial charge is 0.380 e. The molecule has 4 rings (SSSR count). The molecule has 1 heteroatoms. The van der Waals surface area contributed by atoms with E-state index in [1.165, 1.54) is 68.1 Å². The van der Waals surface area contributed by atoms with Gasteiger partial charge in [-0.05, 0) is 97.3 Å². The molecule has 2 aromatic rings. The summed E-state index contributed by atoms with van der Waals surface area (Å²) in [6.45, 7) is 4.68. The zero-order chi connectivity index (χ0) is 20.1. The highest BCUT2D eigenvalue weighted by molar-refractivity contribution is 5.64. The maximum absolute atomic E-state index is 5.21. The summed E-state index contributed by atoms with van der Waals surface area (Å²) in [6.07, 6.45) is 13.4. The highest BCUT2D eigenvalue weighted by atomic mass is 16.5. The second-order valence-electron chi connectivity index (χ2n) is 9.27. The van der Waals surface area contributed by atoms with E-state index in [9.17, 15) is 0 Å². The maximum Gasteiger partial charge on any atom is 0.0713 e. The van der Waals surface area contributed by atoms with Gasteiger partial charge in [0.15, 0.2) is 0 Å². The smallest absolute Gasteiger partial charge is 0.0713 e. The molecule has 2 fully saturated rings. The summed E-state index contributed by atoms with van der Waals surface area (Å²) in [7, 11) is 1.74. The SMILES string of the molecule is C=C[C@H]1CC[C@H]([C@H]2CC[C@H](c3ccc(-c4ccc(COC)cc4)cc3)CC2)CC1. The van der Waals surface area contributed by atoms with E-state index < -0.39 is 0 Å². The zero-order valence-electron chi connectivity index (χ0n) is 18.0. The Balaban J connectivity index is 1.31. The molecule has 0 N–H and O–H groups in total. The lowest BCUT2D eigenvalue weighted by Crippen LogP contribution is -2.25. The Morgan fingerprint density at radius 1 is 0.759 bits per heavy atom. The van der Waals surface area contributed by atoms with Crippen LogP contribution in [-0.4, -0.2) is 7.11 Å². The van der Waals surface area contributed by atoms with Gasteiger partial charge in [0.2, 0.25) is 0 Å². The fraction of sp³-hybridized carbons (Fsp3) is 0.500. The number of hydrogen-bond donors (Lipinski definition) is 0. The summed E-state index contributed by atoms with van der Waals surface area (Å²) in [6, 6.07) is 18.1. The summed E-state index contributed by atoms with van der Waals surface area (Å²) in [5, 5.41) is 0. The van der Waals surface area contributed by atoms with E-state index in [4.69, 9.17) is 4.74 Å². The molecular weight excluding hydrogens is 352 g/mol. The van der Waals surface area contributed by atoms with E-state index in [0.717, 1.165) is 23.7 Å². The molecule has 1 nitrogen and oxygen atoms in total. The number of rotatable bonds is 6. The van der Waals surface area contributed by atoms with Gasteiger partial charge in [0, 0.05) is 7.11 Å². The Morgan fingerprint density at radius 3 is 1.79 bits per heavy atom. The lowest BCUT2D eigenvalue weighted by molar-refractivity contribution is 0.171. The molecule has 0 radical (unpaired) electrons. The molecular formula is C28H36O. The average molecular weight is 389 g/mol. The molecule has 2 saturated carbocycles. The van der Waals surface area contributed by atoms with E-state index in [-0.39, 0.29) is 0 Å². The van der Waals surface area contributed by atoms with Crippen LogP contribution in [0.4, 0.5) is 0 Å². The average Bonchev–Trinajstić information content (AvgIpc) is 2.80. The Labute approximate surface area is 177 Å². The Bertz CT molecular complexity index is 757. The fourth-order valence-corrected chi connectivity index (χ4v) is 5.68. The monoisotopic (exact) mass is 388 g/mol. The summed E-state index contributed by atoms with van der Waals surface area (Å²) in [4.78, 5) is 0. The summed E-state index contributed by atoms with van der Waals surface area (Å²) in [5.41, 5.74) is 5.36. The number of hydrogen-bond acceptors (Lipinski definition) is 1. The summed E-state index contributed by atoms with van der Waals surface area (Å²) < 4.78 is 5.21. The third kappa shape index (κ3) is 5.01. The molecule has 0 heterocycles. The van der Waals surface area contributed by atoms with Gasteiger partial charge in [-0.25, -0.2) is 0 Å². The van der Waals surface area contributed by atoms with Crippen molar-refractivity contribution in [1.29, 1.82) is 0 Å². The number of benzene rings is 2. The van der Waals surface area contributed by atoms with Gasteiger partial charge in [0.25, 0.3) is 0 Å². The van der Waals surface area contributed by atoms with Crippen LogP contribution in [0.1, 0.15) is 68.4 Å². The van der Waals surface area contributed by atoms with Crippen LogP contribution in [0.15, 0.2) is 61.2 Å². The minimum absolute atomic E-state index is 0.678. The van der Waals surface area contributed by atoms with E-state index in [1.807, 2.05) is 0 Å². The van der Waals surface area contributed by atoms with Crippen molar-refractivity contribution in [2.45, 2.75) is 63.9 Å². The van der Waals surface area contributed by atoms with Crippen molar-refractivity contribution < 1.29 is 4.74 Å². The van der Waals surface area contributed by atoms with Crippen molar-refractivity contribution in [2.24, 2.45) is 17.8 Å². The predicted octanol–water partition coefficient (Wildman–Crippen LogP) is 7.77. The Kier molecular flexibility index (Phi) is 6.87. The summed E-state index contributed by atoms with van der Waals surface area (Å²) >= 11 is 0. The van der Waals surface area contributed by atoms with Crippen LogP contribution >= 0.6 is 0 Å². The lowest BCUT2D eigenvalue weighted by atomic mass is 9.68. The van der Waals surface area contributed by atoms with E-state index in [0.29, 0.717) is 6.61 Å². The normalized spacial score (nSPS) is 27.5. The van der Waals surface area contributed by atoms with Gasteiger partial charge < -0.3 is 4.74 Å². The quantitative estimate of drug-likeness (QED) is 0.459. The fourth-order valence-electron chi connectivity index (χ4n) is 5.68. The molecule has 0 aliphatic heterocycles. The molecule has 2 aliphatic rings. The molecule has 0 unspecified atom stereocenters. The van der Waals surface area contributed by atoms with E-state index >= 15 is 0 Å². The standard InChI is InChI=1S/C28H36O/c1-3-21-4-8-23(9-5-21)25-12-16-27(17-13-25)28-18-14-26(15-19-28)24-10-6-22(7-11-24)20-29-2/h3,6-7,10-11,14-15,18-19,21,23,25,27H,1,4-5,8-9,12-13,16-17,20H2,2H3/t21-,23-,25-,27-. The van der Waals surface area contributed by atoms with Crippen LogP contribution in [0.2, 0.25) is 0 Å². The van der Waals surface area contributed by atoms with Crippen LogP contribution in [0.25, 0.3) is 11.1 Å². The van der Waals surface area contributed by atoms with Crippen molar-refractivity contribution >= 4 is 0 Å². The van der Waals surface area contributed by atoms with Crippen LogP contribution in [0.3, 0.4) is 0 Å². The van der Waals surface area contributed by atoms with Crippen molar-refractivity contribution in [3.05, 3.63) is 72.3 Å². The molecule has 0 atom stereocenters. The minimum atomic E-state index is 0.678. The van der Waals surface area contributed by atoms with Crippen LogP contribution < -0.4 is 0 Å². The molecule has 0 spiro atoms. The zero-order valence-corrected chi connectivity index (χ0v) is 18.0. The van der Waals surface area contributed by atoms with Gasteiger partial charge >= 0.3 is 0 Å². The highest BCUT2D eigenvalue weighted by Gasteiger charge is 2.30. The second-order valence-corrected chi connectivity index (χ2v) is 9.27. The molecule has 0 amide bonds. The van der Waals surface area contributed by atoms with Crippen LogP contribution in [-0.2, 0) is 11.3 Å². The second kappa shape index (κ2) is 9.76. The van der Waals surface area contributed by atoms with Crippen molar-refractivity contribution in [3.8, 4) is 11.1 Å². The Morgan fingerprint density at radius 2 is 1.28 bits per heavy atom. The molecule has 29 heavy (non-hydrogen) atoms. The van der Waals surface area contributed by atoms with Gasteiger partial charge in [-0.2, -0.15) is 0 Å². The van der Waals surface area contributed by atoms with Crippen LogP contribution in [0, 0.1) is 17.8 Å². The molecule has 0 aromatic heterocycles. The number of methoxy groups -OCH3 is 1. The first-order valence-corrected chi connectivity index (χ1v) is 11.6. The van der Waals surface area contributed by atoms with Crippen molar-refractivity contribution in [1.82, 2.24) is 0 Å².